The van der Waals surface area contributed by atoms with Crippen molar-refractivity contribution in [2.75, 3.05) is 13.2 Å². The highest BCUT2D eigenvalue weighted by Crippen LogP contribution is 2.51. The van der Waals surface area contributed by atoms with Crippen molar-refractivity contribution in [3.63, 3.8) is 0 Å². The molecule has 1 heterocycles. The minimum absolute atomic E-state index is 0.0538. The summed E-state index contributed by atoms with van der Waals surface area (Å²) in [6.45, 7) is 5.59. The summed E-state index contributed by atoms with van der Waals surface area (Å²) in [5.41, 5.74) is 1.59. The third-order valence-corrected chi connectivity index (χ3v) is 6.19. The van der Waals surface area contributed by atoms with Gasteiger partial charge in [0.15, 0.2) is 5.79 Å². The highest BCUT2D eigenvalue weighted by atomic mass is 35.5. The highest BCUT2D eigenvalue weighted by Gasteiger charge is 2.54. The smallest absolute Gasteiger partial charge is 0.251 e. The Morgan fingerprint density at radius 1 is 1.04 bits per heavy atom. The van der Waals surface area contributed by atoms with E-state index in [0.29, 0.717) is 30.2 Å². The van der Waals surface area contributed by atoms with E-state index in [2.05, 4.69) is 19.2 Å². The van der Waals surface area contributed by atoms with E-state index in [-0.39, 0.29) is 23.3 Å². The second kappa shape index (κ2) is 7.51. The average molecular weight is 400 g/mol. The molecule has 2 aliphatic rings. The maximum Gasteiger partial charge on any atom is 0.251 e. The molecule has 4 nitrogen and oxygen atoms in total. The predicted octanol–water partition coefficient (Wildman–Crippen LogP) is 4.79. The van der Waals surface area contributed by atoms with Gasteiger partial charge in [0, 0.05) is 35.4 Å². The van der Waals surface area contributed by atoms with Crippen molar-refractivity contribution < 1.29 is 14.3 Å². The molecule has 0 bridgehead atoms. The Morgan fingerprint density at radius 2 is 1.68 bits per heavy atom. The van der Waals surface area contributed by atoms with Gasteiger partial charge in [0.2, 0.25) is 0 Å². The molecule has 2 aromatic carbocycles. The fraction of sp³-hybridized carbons (Fsp3) is 0.435. The number of carbonyl (C=O) groups excluding carboxylic acids is 1. The lowest BCUT2D eigenvalue weighted by molar-refractivity contribution is -0.207. The van der Waals surface area contributed by atoms with Gasteiger partial charge in [-0.05, 0) is 35.2 Å². The van der Waals surface area contributed by atoms with E-state index in [9.17, 15) is 4.79 Å². The third-order valence-electron chi connectivity index (χ3n) is 5.93. The highest BCUT2D eigenvalue weighted by molar-refractivity contribution is 6.30. The van der Waals surface area contributed by atoms with Crippen LogP contribution >= 0.6 is 11.6 Å². The number of hydrogen-bond acceptors (Lipinski definition) is 3. The molecule has 28 heavy (non-hydrogen) atoms. The Balaban J connectivity index is 1.68. The summed E-state index contributed by atoms with van der Waals surface area (Å²) in [5, 5.41) is 4.01. The number of benzene rings is 2. The van der Waals surface area contributed by atoms with Crippen LogP contribution in [0.15, 0.2) is 54.6 Å². The van der Waals surface area contributed by atoms with Crippen LogP contribution in [0.4, 0.5) is 0 Å². The summed E-state index contributed by atoms with van der Waals surface area (Å²) in [7, 11) is 0. The Bertz CT molecular complexity index is 829. The molecule has 2 unspecified atom stereocenters. The molecule has 0 radical (unpaired) electrons. The zero-order chi connectivity index (χ0) is 19.8. The number of rotatable bonds is 3. The molecule has 5 heteroatoms. The lowest BCUT2D eigenvalue weighted by atomic mass is 9.63. The maximum absolute atomic E-state index is 12.9. The normalized spacial score (nSPS) is 25.5. The van der Waals surface area contributed by atoms with Gasteiger partial charge in [-0.15, -0.1) is 0 Å². The molecular formula is C23H26ClNO3. The molecule has 1 aliphatic carbocycles. The first-order valence-corrected chi connectivity index (χ1v) is 10.2. The monoisotopic (exact) mass is 399 g/mol. The molecule has 1 saturated heterocycles. The quantitative estimate of drug-likeness (QED) is 0.807. The lowest BCUT2D eigenvalue weighted by Gasteiger charge is -2.51. The summed E-state index contributed by atoms with van der Waals surface area (Å²) in [5.74, 6) is -0.574. The number of amides is 1. The minimum Gasteiger partial charge on any atom is -0.348 e. The third kappa shape index (κ3) is 3.82. The first-order chi connectivity index (χ1) is 13.4. The van der Waals surface area contributed by atoms with E-state index < -0.39 is 5.79 Å². The van der Waals surface area contributed by atoms with Crippen molar-refractivity contribution in [1.82, 2.24) is 5.32 Å². The van der Waals surface area contributed by atoms with Gasteiger partial charge in [-0.25, -0.2) is 0 Å². The molecule has 1 aliphatic heterocycles. The van der Waals surface area contributed by atoms with Gasteiger partial charge in [-0.3, -0.25) is 4.79 Å². The first kappa shape index (κ1) is 19.4. The van der Waals surface area contributed by atoms with Crippen molar-refractivity contribution >= 4 is 17.5 Å². The van der Waals surface area contributed by atoms with Gasteiger partial charge < -0.3 is 14.8 Å². The van der Waals surface area contributed by atoms with Gasteiger partial charge in [0.25, 0.3) is 5.91 Å². The standard InChI is InChI=1S/C23H26ClNO3/c1-22(2)15-23(27-12-13-28-23)14-19(16-8-10-18(24)11-9-16)20(22)25-21(26)17-6-4-3-5-7-17/h3-11,19-20H,12-15H2,1-2H3,(H,25,26). The van der Waals surface area contributed by atoms with Crippen LogP contribution in [-0.4, -0.2) is 30.9 Å². The van der Waals surface area contributed by atoms with Crippen molar-refractivity contribution in [2.24, 2.45) is 5.41 Å². The number of ether oxygens (including phenoxy) is 2. The number of hydrogen-bond donors (Lipinski definition) is 1. The summed E-state index contributed by atoms with van der Waals surface area (Å²) in [6, 6.07) is 17.2. The molecule has 2 aromatic rings. The summed E-state index contributed by atoms with van der Waals surface area (Å²) < 4.78 is 12.1. The number of carbonyl (C=O) groups is 1. The Morgan fingerprint density at radius 3 is 2.32 bits per heavy atom. The van der Waals surface area contributed by atoms with Crippen molar-refractivity contribution in [3.8, 4) is 0 Å². The van der Waals surface area contributed by atoms with E-state index in [1.165, 1.54) is 0 Å². The zero-order valence-corrected chi connectivity index (χ0v) is 17.0. The molecule has 0 aromatic heterocycles. The van der Waals surface area contributed by atoms with Crippen LogP contribution < -0.4 is 5.32 Å². The van der Waals surface area contributed by atoms with Gasteiger partial charge in [0.1, 0.15) is 0 Å². The molecule has 1 amide bonds. The topological polar surface area (TPSA) is 47.6 Å². The SMILES string of the molecule is CC1(C)CC2(CC(c3ccc(Cl)cc3)C1NC(=O)c1ccccc1)OCCO2. The van der Waals surface area contributed by atoms with E-state index in [4.69, 9.17) is 21.1 Å². The molecular weight excluding hydrogens is 374 g/mol. The van der Waals surface area contributed by atoms with Crippen LogP contribution in [0.5, 0.6) is 0 Å². The fourth-order valence-corrected chi connectivity index (χ4v) is 4.85. The Labute approximate surface area is 171 Å². The molecule has 2 fully saturated rings. The van der Waals surface area contributed by atoms with Crippen LogP contribution in [0.3, 0.4) is 0 Å². The van der Waals surface area contributed by atoms with E-state index in [1.807, 2.05) is 54.6 Å². The van der Waals surface area contributed by atoms with Crippen LogP contribution in [0.2, 0.25) is 5.02 Å². The van der Waals surface area contributed by atoms with E-state index in [1.54, 1.807) is 0 Å². The lowest BCUT2D eigenvalue weighted by Crippen LogP contribution is -2.57. The molecule has 1 N–H and O–H groups in total. The van der Waals surface area contributed by atoms with Crippen LogP contribution in [-0.2, 0) is 9.47 Å². The van der Waals surface area contributed by atoms with Crippen molar-refractivity contribution in [3.05, 3.63) is 70.7 Å². The number of halogens is 1. The summed E-state index contributed by atoms with van der Waals surface area (Å²) in [4.78, 5) is 12.9. The second-order valence-electron chi connectivity index (χ2n) is 8.45. The summed E-state index contributed by atoms with van der Waals surface area (Å²) >= 11 is 6.11. The van der Waals surface area contributed by atoms with E-state index >= 15 is 0 Å². The Kier molecular flexibility index (Phi) is 5.21. The van der Waals surface area contributed by atoms with E-state index in [0.717, 1.165) is 12.0 Å². The van der Waals surface area contributed by atoms with Crippen molar-refractivity contribution in [1.29, 1.82) is 0 Å². The van der Waals surface area contributed by atoms with Crippen molar-refractivity contribution in [2.45, 2.75) is 44.4 Å². The molecule has 2 atom stereocenters. The largest absolute Gasteiger partial charge is 0.348 e. The summed E-state index contributed by atoms with van der Waals surface area (Å²) in [6.07, 6.45) is 1.45. The predicted molar refractivity (Wildman–Crippen MR) is 110 cm³/mol. The van der Waals surface area contributed by atoms with Gasteiger partial charge in [-0.2, -0.15) is 0 Å². The van der Waals surface area contributed by atoms with Crippen LogP contribution in [0.1, 0.15) is 48.5 Å². The Hall–Kier alpha value is -1.88. The first-order valence-electron chi connectivity index (χ1n) is 9.78. The molecule has 1 saturated carbocycles. The van der Waals surface area contributed by atoms with Crippen LogP contribution in [0, 0.1) is 5.41 Å². The van der Waals surface area contributed by atoms with Crippen LogP contribution in [0.25, 0.3) is 0 Å². The molecule has 4 rings (SSSR count). The minimum atomic E-state index is -0.582. The zero-order valence-electron chi connectivity index (χ0n) is 16.3. The maximum atomic E-state index is 12.9. The number of nitrogens with one attached hydrogen (secondary N) is 1. The van der Waals surface area contributed by atoms with Gasteiger partial charge in [-0.1, -0.05) is 55.8 Å². The molecule has 148 valence electrons. The second-order valence-corrected chi connectivity index (χ2v) is 8.89. The van der Waals surface area contributed by atoms with Gasteiger partial charge in [0.05, 0.1) is 13.2 Å². The van der Waals surface area contributed by atoms with Gasteiger partial charge >= 0.3 is 0 Å². The molecule has 1 spiro atoms. The fourth-order valence-electron chi connectivity index (χ4n) is 4.72. The average Bonchev–Trinajstić information content (AvgIpc) is 3.12.